The van der Waals surface area contributed by atoms with Crippen molar-refractivity contribution in [2.45, 2.75) is 50.8 Å². The Hall–Kier alpha value is -4.27. The number of carbonyl (C=O) groups excluding carboxylic acids is 3. The molecule has 0 saturated carbocycles. The summed E-state index contributed by atoms with van der Waals surface area (Å²) < 4.78 is 11.7. The van der Waals surface area contributed by atoms with E-state index in [2.05, 4.69) is 15.5 Å². The van der Waals surface area contributed by atoms with Crippen LogP contribution in [-0.2, 0) is 28.7 Å². The summed E-state index contributed by atoms with van der Waals surface area (Å²) in [7, 11) is 0. The van der Waals surface area contributed by atoms with Gasteiger partial charge in [0.05, 0.1) is 5.70 Å². The van der Waals surface area contributed by atoms with E-state index in [0.717, 1.165) is 28.0 Å². The number of nitrogens with one attached hydrogen (secondary N) is 1. The Morgan fingerprint density at radius 1 is 1.13 bits per heavy atom. The number of β-lactam (4-membered cyclic amide) rings is 1. The molecule has 2 aliphatic heterocycles. The number of esters is 1. The van der Waals surface area contributed by atoms with Gasteiger partial charge in [-0.1, -0.05) is 65.8 Å². The molecule has 2 aromatic carbocycles. The fourth-order valence-corrected chi connectivity index (χ4v) is 7.05. The maximum Gasteiger partial charge on any atom is 0.347 e. The molecule has 3 heterocycles. The Balaban J connectivity index is 1.31. The molecule has 0 radical (unpaired) electrons. The van der Waals surface area contributed by atoms with Gasteiger partial charge < -0.3 is 25.4 Å². The van der Waals surface area contributed by atoms with Gasteiger partial charge in [-0.25, -0.2) is 9.78 Å². The second kappa shape index (κ2) is 14.0. The summed E-state index contributed by atoms with van der Waals surface area (Å²) in [6.45, 7) is 6.55. The first-order chi connectivity index (χ1) is 21.9. The number of amides is 2. The van der Waals surface area contributed by atoms with E-state index >= 15 is 0 Å². The van der Waals surface area contributed by atoms with E-state index in [0.29, 0.717) is 11.4 Å². The smallest absolute Gasteiger partial charge is 0.347 e. The highest BCUT2D eigenvalue weighted by molar-refractivity contribution is 8.00. The highest BCUT2D eigenvalue weighted by Crippen LogP contribution is 2.42. The lowest BCUT2D eigenvalue weighted by Crippen LogP contribution is -2.71. The molecule has 14 heteroatoms. The average Bonchev–Trinajstić information content (AvgIpc) is 3.45. The van der Waals surface area contributed by atoms with E-state index < -0.39 is 41.6 Å². The number of thiocarbonyl (C=S) groups is 1. The van der Waals surface area contributed by atoms with Gasteiger partial charge in [-0.15, -0.1) is 23.1 Å². The predicted molar refractivity (Wildman–Crippen MR) is 181 cm³/mol. The standard InChI is InChI=1S/C32H33N5O6S3/c1-18-16-45-29-24(35-27(39)23(21-17-46-31(33)34-21)36-41-15-22(38)43-32(2,3)4)28(40)37(29)25(18)30(44)42-26(19-11-7-5-8-12-19)20-13-9-6-10-14-20/h5-14,17,24,26,29H,15-16H2,1-4H3,(H2,33,34)(H,35,39)/t24?,29-/m1/s1. The van der Waals surface area contributed by atoms with E-state index in [1.807, 2.05) is 67.6 Å². The number of carbonyl (C=O) groups is 3. The van der Waals surface area contributed by atoms with Crippen molar-refractivity contribution in [3.8, 4) is 0 Å². The second-order valence-corrected chi connectivity index (χ2v) is 13.8. The van der Waals surface area contributed by atoms with Crippen molar-refractivity contribution in [1.82, 2.24) is 15.2 Å². The third kappa shape index (κ3) is 7.57. The average molecular weight is 680 g/mol. The van der Waals surface area contributed by atoms with Gasteiger partial charge in [0.25, 0.3) is 11.8 Å². The van der Waals surface area contributed by atoms with Crippen LogP contribution in [0.2, 0.25) is 0 Å². The topological polar surface area (TPSA) is 145 Å². The van der Waals surface area contributed by atoms with Crippen LogP contribution in [0.15, 0.2) is 82.5 Å². The van der Waals surface area contributed by atoms with E-state index in [1.54, 1.807) is 25.7 Å². The summed E-state index contributed by atoms with van der Waals surface area (Å²) in [5.41, 5.74) is 8.22. The van der Waals surface area contributed by atoms with Crippen LogP contribution in [-0.4, -0.2) is 67.8 Å². The largest absolute Gasteiger partial charge is 0.469 e. The van der Waals surface area contributed by atoms with E-state index in [4.69, 9.17) is 32.3 Å². The van der Waals surface area contributed by atoms with Crippen LogP contribution >= 0.6 is 35.3 Å². The number of aromatic nitrogens is 1. The van der Waals surface area contributed by atoms with E-state index in [9.17, 15) is 14.4 Å². The molecule has 2 atom stereocenters. The lowest BCUT2D eigenvalue weighted by atomic mass is 10.0. The van der Waals surface area contributed by atoms with Gasteiger partial charge >= 0.3 is 5.97 Å². The van der Waals surface area contributed by atoms with Crippen molar-refractivity contribution in [2.24, 2.45) is 5.16 Å². The number of hydrogen-bond donors (Lipinski definition) is 2. The SMILES string of the molecule is CC1=C(C(=S)OC(c2ccccc2)c2ccccc2)N2C(=O)C(NC(=O)C(=NOCC(=O)OC(C)(C)C)c3csc(N)n3)[C@H]2SC1. The molecule has 2 amide bonds. The number of anilines is 1. The van der Waals surface area contributed by atoms with Gasteiger partial charge in [0, 0.05) is 11.1 Å². The number of rotatable bonds is 10. The van der Waals surface area contributed by atoms with Crippen molar-refractivity contribution in [3.05, 3.63) is 94.1 Å². The lowest BCUT2D eigenvalue weighted by Gasteiger charge is -2.50. The fourth-order valence-electron chi connectivity index (χ4n) is 4.84. The molecule has 0 aliphatic carbocycles. The molecule has 3 N–H and O–H groups in total. The van der Waals surface area contributed by atoms with Crippen LogP contribution in [0, 0.1) is 0 Å². The highest BCUT2D eigenvalue weighted by Gasteiger charge is 2.53. The minimum Gasteiger partial charge on any atom is -0.469 e. The van der Waals surface area contributed by atoms with Crippen LogP contribution in [0.4, 0.5) is 5.13 Å². The third-order valence-electron chi connectivity index (χ3n) is 6.81. The molecule has 0 bridgehead atoms. The number of hydrogen-bond acceptors (Lipinski definition) is 12. The van der Waals surface area contributed by atoms with Gasteiger partial charge in [0.2, 0.25) is 11.7 Å². The monoisotopic (exact) mass is 679 g/mol. The van der Waals surface area contributed by atoms with Crippen LogP contribution in [0.25, 0.3) is 0 Å². The number of fused-ring (bicyclic) bond motifs is 1. The molecular weight excluding hydrogens is 647 g/mol. The van der Waals surface area contributed by atoms with Crippen molar-refractivity contribution in [3.63, 3.8) is 0 Å². The zero-order valence-electron chi connectivity index (χ0n) is 25.6. The maximum atomic E-state index is 13.6. The minimum absolute atomic E-state index is 0.142. The van der Waals surface area contributed by atoms with Crippen LogP contribution in [0.5, 0.6) is 0 Å². The first-order valence-electron chi connectivity index (χ1n) is 14.3. The molecular formula is C32H33N5O6S3. The van der Waals surface area contributed by atoms with E-state index in [-0.39, 0.29) is 27.5 Å². The van der Waals surface area contributed by atoms with Gasteiger partial charge in [-0.3, -0.25) is 14.5 Å². The Kier molecular flexibility index (Phi) is 10.1. The molecule has 0 spiro atoms. The molecule has 1 fully saturated rings. The molecule has 5 rings (SSSR count). The summed E-state index contributed by atoms with van der Waals surface area (Å²) in [6.07, 6.45) is -0.486. The number of nitrogens with two attached hydrogens (primary N) is 1. The van der Waals surface area contributed by atoms with Gasteiger partial charge in [0.1, 0.15) is 28.8 Å². The molecule has 1 unspecified atom stereocenters. The number of oxime groups is 1. The summed E-state index contributed by atoms with van der Waals surface area (Å²) in [4.78, 5) is 50.0. The predicted octanol–water partition coefficient (Wildman–Crippen LogP) is 4.60. The molecule has 240 valence electrons. The first-order valence-corrected chi connectivity index (χ1v) is 16.7. The number of nitrogen functional groups attached to an aromatic ring is 1. The van der Waals surface area contributed by atoms with Gasteiger partial charge in [-0.2, -0.15) is 0 Å². The first kappa shape index (κ1) is 33.1. The summed E-state index contributed by atoms with van der Waals surface area (Å²) in [5, 5.41) is 8.12. The Morgan fingerprint density at radius 3 is 2.33 bits per heavy atom. The summed E-state index contributed by atoms with van der Waals surface area (Å²) in [6, 6.07) is 18.6. The number of ether oxygens (including phenoxy) is 2. The van der Waals surface area contributed by atoms with Crippen molar-refractivity contribution in [2.75, 3.05) is 18.1 Å². The Morgan fingerprint density at radius 2 is 1.76 bits per heavy atom. The molecule has 11 nitrogen and oxygen atoms in total. The van der Waals surface area contributed by atoms with Crippen molar-refractivity contribution < 1.29 is 28.7 Å². The molecule has 1 saturated heterocycles. The zero-order chi connectivity index (χ0) is 33.0. The maximum absolute atomic E-state index is 13.6. The number of thiazole rings is 1. The quantitative estimate of drug-likeness (QED) is 0.103. The molecule has 46 heavy (non-hydrogen) atoms. The number of nitrogens with zero attached hydrogens (tertiary/aromatic N) is 3. The summed E-state index contributed by atoms with van der Waals surface area (Å²) in [5.74, 6) is -1.16. The van der Waals surface area contributed by atoms with Crippen molar-refractivity contribution >= 4 is 69.0 Å². The summed E-state index contributed by atoms with van der Waals surface area (Å²) >= 11 is 8.42. The normalized spacial score (nSPS) is 18.1. The zero-order valence-corrected chi connectivity index (χ0v) is 28.0. The fraction of sp³-hybridized carbons (Fsp3) is 0.312. The van der Waals surface area contributed by atoms with Crippen LogP contribution in [0.3, 0.4) is 0 Å². The molecule has 1 aromatic heterocycles. The minimum atomic E-state index is -0.880. The van der Waals surface area contributed by atoms with Crippen molar-refractivity contribution in [1.29, 1.82) is 0 Å². The molecule has 2 aliphatic rings. The Bertz CT molecular complexity index is 1650. The molecule has 3 aromatic rings. The van der Waals surface area contributed by atoms with Gasteiger partial charge in [-0.05, 0) is 56.6 Å². The van der Waals surface area contributed by atoms with E-state index in [1.165, 1.54) is 17.1 Å². The highest BCUT2D eigenvalue weighted by atomic mass is 32.2. The Labute approximate surface area is 280 Å². The number of benzene rings is 2. The van der Waals surface area contributed by atoms with Gasteiger partial charge in [0.15, 0.2) is 10.8 Å². The second-order valence-electron chi connectivity index (χ2n) is 11.5. The lowest BCUT2D eigenvalue weighted by molar-refractivity contribution is -0.160. The van der Waals surface area contributed by atoms with Crippen LogP contribution < -0.4 is 11.1 Å². The third-order valence-corrected chi connectivity index (χ3v) is 9.19. The number of thioether (sulfide) groups is 1. The van der Waals surface area contributed by atoms with Crippen LogP contribution in [0.1, 0.15) is 50.6 Å².